The minimum atomic E-state index is 0.363. The predicted molar refractivity (Wildman–Crippen MR) is 77.7 cm³/mol. The smallest absolute Gasteiger partial charge is 0.136 e. The number of ether oxygens (including phenoxy) is 1. The lowest BCUT2D eigenvalue weighted by Gasteiger charge is -2.22. The van der Waals surface area contributed by atoms with Gasteiger partial charge in [-0.1, -0.05) is 13.8 Å². The molecule has 1 aromatic heterocycles. The van der Waals surface area contributed by atoms with Crippen molar-refractivity contribution in [3.8, 4) is 0 Å². The molecule has 19 heavy (non-hydrogen) atoms. The summed E-state index contributed by atoms with van der Waals surface area (Å²) >= 11 is 0. The van der Waals surface area contributed by atoms with Crippen LogP contribution in [0.1, 0.15) is 56.1 Å². The van der Waals surface area contributed by atoms with E-state index in [4.69, 9.17) is 14.7 Å². The van der Waals surface area contributed by atoms with Crippen LogP contribution in [-0.2, 0) is 11.2 Å². The monoisotopic (exact) mass is 263 g/mol. The molecule has 2 heterocycles. The van der Waals surface area contributed by atoms with Gasteiger partial charge in [0.2, 0.25) is 0 Å². The van der Waals surface area contributed by atoms with Crippen molar-refractivity contribution in [3.05, 3.63) is 17.1 Å². The van der Waals surface area contributed by atoms with Crippen molar-refractivity contribution in [3.63, 3.8) is 0 Å². The van der Waals surface area contributed by atoms with Crippen molar-refractivity contribution in [1.29, 1.82) is 0 Å². The van der Waals surface area contributed by atoms with Crippen LogP contribution in [0, 0.1) is 6.92 Å². The second-order valence-electron chi connectivity index (χ2n) is 5.20. The van der Waals surface area contributed by atoms with Crippen molar-refractivity contribution in [2.24, 2.45) is 0 Å². The van der Waals surface area contributed by atoms with Crippen LogP contribution < -0.4 is 5.32 Å². The van der Waals surface area contributed by atoms with Crippen molar-refractivity contribution in [1.82, 2.24) is 9.97 Å². The topological polar surface area (TPSA) is 47.0 Å². The third-order valence-electron chi connectivity index (χ3n) is 3.67. The zero-order valence-corrected chi connectivity index (χ0v) is 12.3. The molecule has 1 N–H and O–H groups in total. The summed E-state index contributed by atoms with van der Waals surface area (Å²) < 4.78 is 5.56. The summed E-state index contributed by atoms with van der Waals surface area (Å²) in [7, 11) is 0. The first-order chi connectivity index (χ1) is 9.26. The molecule has 0 saturated carbocycles. The van der Waals surface area contributed by atoms with Crippen molar-refractivity contribution < 1.29 is 4.74 Å². The first kappa shape index (κ1) is 14.3. The molecule has 2 rings (SSSR count). The Morgan fingerprint density at radius 1 is 1.32 bits per heavy atom. The van der Waals surface area contributed by atoms with E-state index in [1.165, 1.54) is 5.56 Å². The molecule has 0 amide bonds. The van der Waals surface area contributed by atoms with E-state index in [9.17, 15) is 0 Å². The normalized spacial score (nSPS) is 19.4. The predicted octanol–water partition coefficient (Wildman–Crippen LogP) is 3.06. The number of hydrogen-bond acceptors (Lipinski definition) is 4. The third-order valence-corrected chi connectivity index (χ3v) is 3.67. The molecule has 0 bridgehead atoms. The molecule has 1 aliphatic heterocycles. The van der Waals surface area contributed by atoms with Crippen LogP contribution in [0.5, 0.6) is 0 Å². The molecule has 0 aromatic carbocycles. The molecule has 4 nitrogen and oxygen atoms in total. The third kappa shape index (κ3) is 3.44. The van der Waals surface area contributed by atoms with Crippen LogP contribution in [0.4, 0.5) is 5.82 Å². The van der Waals surface area contributed by atoms with E-state index in [-0.39, 0.29) is 0 Å². The van der Waals surface area contributed by atoms with E-state index in [2.05, 4.69) is 26.1 Å². The molecule has 0 radical (unpaired) electrons. The maximum absolute atomic E-state index is 5.56. The molecule has 1 aliphatic rings. The Hall–Kier alpha value is -1.16. The molecule has 0 spiro atoms. The SMILES string of the molecule is CCCNc1nc(C2CCCOC2)nc(CC)c1C. The lowest BCUT2D eigenvalue weighted by Crippen LogP contribution is -2.20. The van der Waals surface area contributed by atoms with E-state index in [1.54, 1.807) is 0 Å². The second-order valence-corrected chi connectivity index (χ2v) is 5.20. The first-order valence-electron chi connectivity index (χ1n) is 7.45. The summed E-state index contributed by atoms with van der Waals surface area (Å²) in [5, 5.41) is 3.42. The molecule has 0 aliphatic carbocycles. The van der Waals surface area contributed by atoms with Gasteiger partial charge in [0.05, 0.1) is 6.61 Å². The molecule has 1 saturated heterocycles. The minimum absolute atomic E-state index is 0.363. The van der Waals surface area contributed by atoms with Crippen LogP contribution in [-0.4, -0.2) is 29.7 Å². The summed E-state index contributed by atoms with van der Waals surface area (Å²) in [6, 6.07) is 0. The summed E-state index contributed by atoms with van der Waals surface area (Å²) in [6.07, 6.45) is 4.31. The fourth-order valence-electron chi connectivity index (χ4n) is 2.47. The Kier molecular flexibility index (Phi) is 5.14. The molecular weight excluding hydrogens is 238 g/mol. The lowest BCUT2D eigenvalue weighted by atomic mass is 10.0. The Balaban J connectivity index is 2.26. The molecule has 1 fully saturated rings. The van der Waals surface area contributed by atoms with Gasteiger partial charge in [-0.15, -0.1) is 0 Å². The molecule has 1 unspecified atom stereocenters. The minimum Gasteiger partial charge on any atom is -0.381 e. The summed E-state index contributed by atoms with van der Waals surface area (Å²) in [5.41, 5.74) is 2.35. The van der Waals surface area contributed by atoms with Gasteiger partial charge >= 0.3 is 0 Å². The van der Waals surface area contributed by atoms with Crippen LogP contribution in [0.2, 0.25) is 0 Å². The molecule has 4 heteroatoms. The number of aromatic nitrogens is 2. The van der Waals surface area contributed by atoms with E-state index >= 15 is 0 Å². The van der Waals surface area contributed by atoms with Gasteiger partial charge < -0.3 is 10.1 Å². The van der Waals surface area contributed by atoms with Gasteiger partial charge in [0.1, 0.15) is 11.6 Å². The average molecular weight is 263 g/mol. The van der Waals surface area contributed by atoms with Crippen molar-refractivity contribution in [2.45, 2.75) is 52.4 Å². The van der Waals surface area contributed by atoms with E-state index in [0.717, 1.165) is 62.8 Å². The number of anilines is 1. The van der Waals surface area contributed by atoms with Gasteiger partial charge in [-0.3, -0.25) is 0 Å². The Morgan fingerprint density at radius 3 is 2.79 bits per heavy atom. The number of rotatable bonds is 5. The summed E-state index contributed by atoms with van der Waals surface area (Å²) in [5.74, 6) is 2.33. The number of nitrogens with one attached hydrogen (secondary N) is 1. The van der Waals surface area contributed by atoms with Crippen LogP contribution in [0.3, 0.4) is 0 Å². The molecular formula is C15H25N3O. The number of aryl methyl sites for hydroxylation is 1. The van der Waals surface area contributed by atoms with Crippen LogP contribution in [0.15, 0.2) is 0 Å². The van der Waals surface area contributed by atoms with Gasteiger partial charge in [0.15, 0.2) is 0 Å². The average Bonchev–Trinajstić information content (AvgIpc) is 2.47. The van der Waals surface area contributed by atoms with Gasteiger partial charge in [-0.05, 0) is 32.6 Å². The first-order valence-corrected chi connectivity index (χ1v) is 7.45. The number of hydrogen-bond donors (Lipinski definition) is 1. The fourth-order valence-corrected chi connectivity index (χ4v) is 2.47. The number of nitrogens with zero attached hydrogens (tertiary/aromatic N) is 2. The van der Waals surface area contributed by atoms with E-state index in [0.29, 0.717) is 5.92 Å². The van der Waals surface area contributed by atoms with Crippen LogP contribution in [0.25, 0.3) is 0 Å². The fraction of sp³-hybridized carbons (Fsp3) is 0.733. The zero-order chi connectivity index (χ0) is 13.7. The maximum atomic E-state index is 5.56. The standard InChI is InChI=1S/C15H25N3O/c1-4-8-16-14-11(3)13(5-2)17-15(18-14)12-7-6-9-19-10-12/h12H,4-10H2,1-3H3,(H,16,17,18). The Bertz CT molecular complexity index is 414. The largest absolute Gasteiger partial charge is 0.381 e. The highest BCUT2D eigenvalue weighted by atomic mass is 16.5. The Morgan fingerprint density at radius 2 is 2.16 bits per heavy atom. The lowest BCUT2D eigenvalue weighted by molar-refractivity contribution is 0.0780. The molecule has 106 valence electrons. The second kappa shape index (κ2) is 6.85. The Labute approximate surface area is 116 Å². The van der Waals surface area contributed by atoms with Crippen LogP contribution >= 0.6 is 0 Å². The summed E-state index contributed by atoms with van der Waals surface area (Å²) in [6.45, 7) is 9.03. The highest BCUT2D eigenvalue weighted by molar-refractivity contribution is 5.46. The highest BCUT2D eigenvalue weighted by Crippen LogP contribution is 2.26. The van der Waals surface area contributed by atoms with Crippen molar-refractivity contribution in [2.75, 3.05) is 25.1 Å². The zero-order valence-electron chi connectivity index (χ0n) is 12.3. The highest BCUT2D eigenvalue weighted by Gasteiger charge is 2.21. The quantitative estimate of drug-likeness (QED) is 0.887. The van der Waals surface area contributed by atoms with Gasteiger partial charge in [-0.25, -0.2) is 9.97 Å². The van der Waals surface area contributed by atoms with E-state index < -0.39 is 0 Å². The molecule has 1 aromatic rings. The maximum Gasteiger partial charge on any atom is 0.136 e. The van der Waals surface area contributed by atoms with Crippen molar-refractivity contribution >= 4 is 5.82 Å². The van der Waals surface area contributed by atoms with Gasteiger partial charge in [0.25, 0.3) is 0 Å². The molecule has 1 atom stereocenters. The summed E-state index contributed by atoms with van der Waals surface area (Å²) in [4.78, 5) is 9.49. The van der Waals surface area contributed by atoms with Gasteiger partial charge in [-0.2, -0.15) is 0 Å². The van der Waals surface area contributed by atoms with Gasteiger partial charge in [0, 0.05) is 30.3 Å². The van der Waals surface area contributed by atoms with E-state index in [1.807, 2.05) is 0 Å².